The zero-order valence-electron chi connectivity index (χ0n) is 11.2. The fourth-order valence-corrected chi connectivity index (χ4v) is 2.47. The predicted molar refractivity (Wildman–Crippen MR) is 78.2 cm³/mol. The Bertz CT molecular complexity index is 679. The van der Waals surface area contributed by atoms with Gasteiger partial charge in [-0.25, -0.2) is 8.42 Å². The van der Waals surface area contributed by atoms with Gasteiger partial charge in [-0.05, 0) is 35.4 Å². The first kappa shape index (κ1) is 14.6. The van der Waals surface area contributed by atoms with Crippen molar-refractivity contribution in [1.82, 2.24) is 0 Å². The highest BCUT2D eigenvalue weighted by Crippen LogP contribution is 2.18. The number of benzene rings is 2. The topological polar surface area (TPSA) is 69.4 Å². The number of sulfone groups is 1. The van der Waals surface area contributed by atoms with E-state index in [0.717, 1.165) is 11.1 Å². The van der Waals surface area contributed by atoms with Crippen molar-refractivity contribution in [2.75, 3.05) is 6.26 Å². The molecule has 0 spiro atoms. The molecule has 2 aromatic rings. The Morgan fingerprint density at radius 3 is 2.15 bits per heavy atom. The molecule has 0 radical (unpaired) electrons. The lowest BCUT2D eigenvalue weighted by atomic mass is 10.1. The van der Waals surface area contributed by atoms with Crippen molar-refractivity contribution in [2.45, 2.75) is 18.0 Å². The molecule has 5 heteroatoms. The van der Waals surface area contributed by atoms with Crippen molar-refractivity contribution in [2.24, 2.45) is 5.73 Å². The van der Waals surface area contributed by atoms with Crippen LogP contribution >= 0.6 is 0 Å². The maximum Gasteiger partial charge on any atom is 0.175 e. The van der Waals surface area contributed by atoms with Crippen LogP contribution in [0.2, 0.25) is 0 Å². The number of hydrogen-bond acceptors (Lipinski definition) is 4. The van der Waals surface area contributed by atoms with Crippen LogP contribution in [0.15, 0.2) is 53.4 Å². The first-order chi connectivity index (χ1) is 9.50. The maximum atomic E-state index is 11.4. The standard InChI is InChI=1S/C15H17NO3S/c1-20(17,18)15-8-6-14(7-9-15)19-11-13-5-3-2-4-12(13)10-16/h2-9H,10-11,16H2,1H3. The predicted octanol–water partition coefficient (Wildman–Crippen LogP) is 2.13. The van der Waals surface area contributed by atoms with E-state index in [0.29, 0.717) is 18.9 Å². The van der Waals surface area contributed by atoms with Crippen molar-refractivity contribution < 1.29 is 13.2 Å². The van der Waals surface area contributed by atoms with Gasteiger partial charge in [-0.15, -0.1) is 0 Å². The zero-order chi connectivity index (χ0) is 14.6. The second-order valence-electron chi connectivity index (χ2n) is 4.51. The molecule has 0 saturated carbocycles. The fourth-order valence-electron chi connectivity index (χ4n) is 1.84. The molecule has 0 bridgehead atoms. The molecule has 0 fully saturated rings. The summed E-state index contributed by atoms with van der Waals surface area (Å²) in [6.07, 6.45) is 1.18. The molecule has 0 unspecified atom stereocenters. The highest BCUT2D eigenvalue weighted by Gasteiger charge is 2.07. The van der Waals surface area contributed by atoms with Crippen LogP contribution in [-0.4, -0.2) is 14.7 Å². The second kappa shape index (κ2) is 6.07. The molecular formula is C15H17NO3S. The average Bonchev–Trinajstić information content (AvgIpc) is 2.45. The summed E-state index contributed by atoms with van der Waals surface area (Å²) < 4.78 is 28.4. The summed E-state index contributed by atoms with van der Waals surface area (Å²) in [5.41, 5.74) is 7.74. The molecule has 0 heterocycles. The molecule has 106 valence electrons. The molecule has 2 rings (SSSR count). The van der Waals surface area contributed by atoms with Crippen LogP contribution in [0.1, 0.15) is 11.1 Å². The number of nitrogens with two attached hydrogens (primary N) is 1. The van der Waals surface area contributed by atoms with E-state index in [9.17, 15) is 8.42 Å². The minimum absolute atomic E-state index is 0.284. The monoisotopic (exact) mass is 291 g/mol. The molecule has 20 heavy (non-hydrogen) atoms. The number of ether oxygens (including phenoxy) is 1. The van der Waals surface area contributed by atoms with Crippen LogP contribution < -0.4 is 10.5 Å². The van der Waals surface area contributed by atoms with Gasteiger partial charge in [0, 0.05) is 12.8 Å². The van der Waals surface area contributed by atoms with E-state index in [1.165, 1.54) is 6.26 Å². The minimum Gasteiger partial charge on any atom is -0.489 e. The van der Waals surface area contributed by atoms with Gasteiger partial charge in [0.05, 0.1) is 4.90 Å². The van der Waals surface area contributed by atoms with Gasteiger partial charge in [-0.3, -0.25) is 0 Å². The van der Waals surface area contributed by atoms with E-state index in [2.05, 4.69) is 0 Å². The third-order valence-corrected chi connectivity index (χ3v) is 4.11. The largest absolute Gasteiger partial charge is 0.489 e. The number of hydrogen-bond donors (Lipinski definition) is 1. The summed E-state index contributed by atoms with van der Waals surface area (Å²) in [6, 6.07) is 14.2. The highest BCUT2D eigenvalue weighted by molar-refractivity contribution is 7.90. The summed E-state index contributed by atoms with van der Waals surface area (Å²) in [5, 5.41) is 0. The van der Waals surface area contributed by atoms with Gasteiger partial charge in [-0.1, -0.05) is 24.3 Å². The summed E-state index contributed by atoms with van der Waals surface area (Å²) >= 11 is 0. The van der Waals surface area contributed by atoms with E-state index >= 15 is 0 Å². The maximum absolute atomic E-state index is 11.4. The Labute approximate surface area is 119 Å². The van der Waals surface area contributed by atoms with Crippen molar-refractivity contribution in [3.8, 4) is 5.75 Å². The van der Waals surface area contributed by atoms with Gasteiger partial charge in [0.2, 0.25) is 0 Å². The average molecular weight is 291 g/mol. The van der Waals surface area contributed by atoms with Crippen LogP contribution in [0.3, 0.4) is 0 Å². The summed E-state index contributed by atoms with van der Waals surface area (Å²) in [6.45, 7) is 0.873. The highest BCUT2D eigenvalue weighted by atomic mass is 32.2. The molecule has 0 saturated heterocycles. The van der Waals surface area contributed by atoms with E-state index in [4.69, 9.17) is 10.5 Å². The first-order valence-corrected chi connectivity index (χ1v) is 8.09. The Balaban J connectivity index is 2.08. The van der Waals surface area contributed by atoms with E-state index in [-0.39, 0.29) is 4.90 Å². The quantitative estimate of drug-likeness (QED) is 0.916. The van der Waals surface area contributed by atoms with E-state index < -0.39 is 9.84 Å². The Kier molecular flexibility index (Phi) is 4.42. The van der Waals surface area contributed by atoms with Crippen molar-refractivity contribution in [1.29, 1.82) is 0 Å². The third-order valence-electron chi connectivity index (χ3n) is 2.98. The van der Waals surface area contributed by atoms with Crippen LogP contribution in [0.25, 0.3) is 0 Å². The summed E-state index contributed by atoms with van der Waals surface area (Å²) in [4.78, 5) is 0.284. The molecule has 0 amide bonds. The summed E-state index contributed by atoms with van der Waals surface area (Å²) in [7, 11) is -3.17. The lowest BCUT2D eigenvalue weighted by molar-refractivity contribution is 0.305. The Morgan fingerprint density at radius 1 is 1.00 bits per heavy atom. The van der Waals surface area contributed by atoms with Crippen LogP contribution in [0.4, 0.5) is 0 Å². The molecule has 0 aromatic heterocycles. The third kappa shape index (κ3) is 3.59. The summed E-state index contributed by atoms with van der Waals surface area (Å²) in [5.74, 6) is 0.629. The minimum atomic E-state index is -3.17. The Hall–Kier alpha value is -1.85. The van der Waals surface area contributed by atoms with Crippen molar-refractivity contribution in [3.63, 3.8) is 0 Å². The molecular weight excluding hydrogens is 274 g/mol. The molecule has 4 nitrogen and oxygen atoms in total. The normalized spacial score (nSPS) is 11.3. The van der Waals surface area contributed by atoms with E-state index in [1.807, 2.05) is 24.3 Å². The van der Waals surface area contributed by atoms with Crippen molar-refractivity contribution >= 4 is 9.84 Å². The van der Waals surface area contributed by atoms with Gasteiger partial charge in [0.1, 0.15) is 12.4 Å². The van der Waals surface area contributed by atoms with Gasteiger partial charge in [-0.2, -0.15) is 0 Å². The van der Waals surface area contributed by atoms with Gasteiger partial charge >= 0.3 is 0 Å². The molecule has 0 aliphatic heterocycles. The van der Waals surface area contributed by atoms with Crippen LogP contribution in [0.5, 0.6) is 5.75 Å². The Morgan fingerprint density at radius 2 is 1.60 bits per heavy atom. The fraction of sp³-hybridized carbons (Fsp3) is 0.200. The van der Waals surface area contributed by atoms with Gasteiger partial charge in [0.25, 0.3) is 0 Å². The molecule has 2 N–H and O–H groups in total. The second-order valence-corrected chi connectivity index (χ2v) is 6.52. The smallest absolute Gasteiger partial charge is 0.175 e. The van der Waals surface area contributed by atoms with Crippen LogP contribution in [-0.2, 0) is 23.0 Å². The SMILES string of the molecule is CS(=O)(=O)c1ccc(OCc2ccccc2CN)cc1. The van der Waals surface area contributed by atoms with Crippen LogP contribution in [0, 0.1) is 0 Å². The molecule has 2 aromatic carbocycles. The number of rotatable bonds is 5. The van der Waals surface area contributed by atoms with Gasteiger partial charge in [0.15, 0.2) is 9.84 Å². The molecule has 0 aliphatic rings. The zero-order valence-corrected chi connectivity index (χ0v) is 12.1. The lowest BCUT2D eigenvalue weighted by Gasteiger charge is -2.10. The van der Waals surface area contributed by atoms with E-state index in [1.54, 1.807) is 24.3 Å². The molecule has 0 aliphatic carbocycles. The first-order valence-electron chi connectivity index (χ1n) is 6.20. The van der Waals surface area contributed by atoms with Gasteiger partial charge < -0.3 is 10.5 Å². The lowest BCUT2D eigenvalue weighted by Crippen LogP contribution is -2.04. The molecule has 0 atom stereocenters. The van der Waals surface area contributed by atoms with Crippen molar-refractivity contribution in [3.05, 3.63) is 59.7 Å².